The van der Waals surface area contributed by atoms with E-state index in [2.05, 4.69) is 179 Å². The van der Waals surface area contributed by atoms with Crippen molar-refractivity contribution < 1.29 is 0 Å². The summed E-state index contributed by atoms with van der Waals surface area (Å²) in [6.45, 7) is 0. The molecule has 0 N–H and O–H groups in total. The molecule has 230 valence electrons. The molecular formula is C48H28N2. The highest BCUT2D eigenvalue weighted by atomic mass is 15.0. The smallest absolute Gasteiger partial charge is 0.0554 e. The normalized spacial score (nSPS) is 12.4. The van der Waals surface area contributed by atoms with E-state index in [1.54, 1.807) is 0 Å². The summed E-state index contributed by atoms with van der Waals surface area (Å²) in [7, 11) is 0. The molecule has 0 atom stereocenters. The van der Waals surface area contributed by atoms with Gasteiger partial charge in [-0.05, 0) is 90.9 Å². The summed E-state index contributed by atoms with van der Waals surface area (Å²) in [5.41, 5.74) is 7.31. The van der Waals surface area contributed by atoms with Gasteiger partial charge in [-0.2, -0.15) is 0 Å². The molecule has 0 saturated heterocycles. The summed E-state index contributed by atoms with van der Waals surface area (Å²) >= 11 is 0. The van der Waals surface area contributed by atoms with Gasteiger partial charge in [0.1, 0.15) is 0 Å². The largest absolute Gasteiger partial charge is 0.309 e. The number of rotatable bonds is 2. The Morgan fingerprint density at radius 1 is 0.260 bits per heavy atom. The first-order valence-electron chi connectivity index (χ1n) is 17.4. The first-order valence-corrected chi connectivity index (χ1v) is 17.4. The SMILES string of the molecule is c1ccc(-n2c3ccccc3c3c4cccc5c6cccc7c6c(cc6c7c7ccccc7n6-c6cccc7ccccc67)c(cc32)c54)cc1. The maximum absolute atomic E-state index is 2.51. The van der Waals surface area contributed by atoms with Crippen LogP contribution in [0.4, 0.5) is 0 Å². The van der Waals surface area contributed by atoms with E-state index in [4.69, 9.17) is 0 Å². The van der Waals surface area contributed by atoms with Crippen molar-refractivity contribution in [2.24, 2.45) is 0 Å². The second kappa shape index (κ2) is 9.49. The Balaban J connectivity index is 1.36. The molecule has 0 aliphatic heterocycles. The monoisotopic (exact) mass is 632 g/mol. The standard InChI is InChI=1S/C48H28N2/c1-2-15-30(16-3-1)49-41-24-8-6-18-34(41)47-36-22-11-20-32-33-21-12-23-37-46(33)39(38(45(32)36)27-43(47)49)28-44-48(37)35-19-7-9-25-42(35)50(44)40-26-10-14-29-13-4-5-17-31(29)40/h1-28H. The van der Waals surface area contributed by atoms with Crippen LogP contribution in [0.5, 0.6) is 0 Å². The van der Waals surface area contributed by atoms with Crippen LogP contribution in [-0.2, 0) is 0 Å². The van der Waals surface area contributed by atoms with Gasteiger partial charge < -0.3 is 9.13 Å². The Morgan fingerprint density at radius 2 is 0.720 bits per heavy atom. The van der Waals surface area contributed by atoms with Crippen molar-refractivity contribution >= 4 is 97.5 Å². The van der Waals surface area contributed by atoms with Gasteiger partial charge in [-0.15, -0.1) is 0 Å². The highest BCUT2D eigenvalue weighted by molar-refractivity contribution is 6.41. The Labute approximate surface area is 286 Å². The van der Waals surface area contributed by atoms with Crippen LogP contribution >= 0.6 is 0 Å². The van der Waals surface area contributed by atoms with Crippen molar-refractivity contribution in [3.8, 4) is 11.4 Å². The number of benzene rings is 10. The third-order valence-electron chi connectivity index (χ3n) is 11.2. The molecule has 0 bridgehead atoms. The van der Waals surface area contributed by atoms with Gasteiger partial charge in [0.05, 0.1) is 27.8 Å². The van der Waals surface area contributed by atoms with Gasteiger partial charge in [0.15, 0.2) is 0 Å². The van der Waals surface area contributed by atoms with Crippen LogP contribution in [0.15, 0.2) is 170 Å². The topological polar surface area (TPSA) is 9.86 Å². The van der Waals surface area contributed by atoms with Gasteiger partial charge >= 0.3 is 0 Å². The second-order valence-electron chi connectivity index (χ2n) is 13.6. The Bertz CT molecular complexity index is 3360. The molecule has 0 aliphatic carbocycles. The van der Waals surface area contributed by atoms with Crippen molar-refractivity contribution in [2.45, 2.75) is 0 Å². The van der Waals surface area contributed by atoms with E-state index < -0.39 is 0 Å². The summed E-state index contributed by atoms with van der Waals surface area (Å²) in [5, 5.41) is 18.2. The van der Waals surface area contributed by atoms with E-state index in [1.807, 2.05) is 0 Å². The molecule has 0 amide bonds. The van der Waals surface area contributed by atoms with E-state index in [0.717, 1.165) is 0 Å². The minimum Gasteiger partial charge on any atom is -0.309 e. The van der Waals surface area contributed by atoms with Gasteiger partial charge in [-0.1, -0.05) is 127 Å². The van der Waals surface area contributed by atoms with Gasteiger partial charge in [0.25, 0.3) is 0 Å². The summed E-state index contributed by atoms with van der Waals surface area (Å²) < 4.78 is 4.96. The Morgan fingerprint density at radius 3 is 1.38 bits per heavy atom. The van der Waals surface area contributed by atoms with E-state index in [1.165, 1.54) is 109 Å². The molecule has 0 aliphatic rings. The Hall–Kier alpha value is -6.64. The van der Waals surface area contributed by atoms with Crippen LogP contribution in [0, 0.1) is 0 Å². The molecule has 50 heavy (non-hydrogen) atoms. The minimum atomic E-state index is 1.18. The van der Waals surface area contributed by atoms with Crippen molar-refractivity contribution in [3.63, 3.8) is 0 Å². The molecule has 0 saturated carbocycles. The number of hydrogen-bond donors (Lipinski definition) is 0. The molecule has 2 nitrogen and oxygen atoms in total. The fraction of sp³-hybridized carbons (Fsp3) is 0. The molecule has 2 heteroatoms. The van der Waals surface area contributed by atoms with Crippen LogP contribution in [0.1, 0.15) is 0 Å². The average Bonchev–Trinajstić information content (AvgIpc) is 3.69. The van der Waals surface area contributed by atoms with Crippen molar-refractivity contribution in [1.29, 1.82) is 0 Å². The highest BCUT2D eigenvalue weighted by Crippen LogP contribution is 2.49. The molecule has 2 heterocycles. The molecule has 0 spiro atoms. The highest BCUT2D eigenvalue weighted by Gasteiger charge is 2.23. The van der Waals surface area contributed by atoms with Crippen LogP contribution in [0.3, 0.4) is 0 Å². The number of fused-ring (bicyclic) bond motifs is 11. The molecule has 2 aromatic heterocycles. The van der Waals surface area contributed by atoms with Gasteiger partial charge in [-0.3, -0.25) is 0 Å². The zero-order valence-corrected chi connectivity index (χ0v) is 27.1. The number of aromatic nitrogens is 2. The number of para-hydroxylation sites is 3. The maximum Gasteiger partial charge on any atom is 0.0554 e. The van der Waals surface area contributed by atoms with E-state index in [9.17, 15) is 0 Å². The lowest BCUT2D eigenvalue weighted by atomic mass is 9.87. The fourth-order valence-corrected chi connectivity index (χ4v) is 9.27. The van der Waals surface area contributed by atoms with E-state index >= 15 is 0 Å². The fourth-order valence-electron chi connectivity index (χ4n) is 9.27. The summed E-state index contributed by atoms with van der Waals surface area (Å²) in [6, 6.07) is 62.9. The zero-order valence-electron chi connectivity index (χ0n) is 27.1. The van der Waals surface area contributed by atoms with Crippen molar-refractivity contribution in [3.05, 3.63) is 170 Å². The molecule has 12 rings (SSSR count). The third-order valence-corrected chi connectivity index (χ3v) is 11.2. The average molecular weight is 633 g/mol. The molecule has 0 radical (unpaired) electrons. The molecule has 0 fully saturated rings. The predicted octanol–water partition coefficient (Wildman–Crippen LogP) is 13.1. The van der Waals surface area contributed by atoms with Crippen molar-refractivity contribution in [1.82, 2.24) is 9.13 Å². The summed E-state index contributed by atoms with van der Waals surface area (Å²) in [6.07, 6.45) is 0. The summed E-state index contributed by atoms with van der Waals surface area (Å²) in [4.78, 5) is 0. The lowest BCUT2D eigenvalue weighted by Crippen LogP contribution is -1.96. The molecule has 0 unspecified atom stereocenters. The van der Waals surface area contributed by atoms with Crippen LogP contribution in [0.2, 0.25) is 0 Å². The van der Waals surface area contributed by atoms with Crippen LogP contribution in [-0.4, -0.2) is 9.13 Å². The van der Waals surface area contributed by atoms with Crippen LogP contribution < -0.4 is 0 Å². The maximum atomic E-state index is 2.51. The van der Waals surface area contributed by atoms with Crippen molar-refractivity contribution in [2.75, 3.05) is 0 Å². The van der Waals surface area contributed by atoms with E-state index in [-0.39, 0.29) is 0 Å². The predicted molar refractivity (Wildman–Crippen MR) is 214 cm³/mol. The van der Waals surface area contributed by atoms with Crippen LogP contribution in [0.25, 0.3) is 109 Å². The minimum absolute atomic E-state index is 1.18. The van der Waals surface area contributed by atoms with Gasteiger partial charge in [0, 0.05) is 32.6 Å². The first kappa shape index (κ1) is 26.3. The summed E-state index contributed by atoms with van der Waals surface area (Å²) in [5.74, 6) is 0. The van der Waals surface area contributed by atoms with Gasteiger partial charge in [0.2, 0.25) is 0 Å². The molecular weight excluding hydrogens is 605 g/mol. The second-order valence-corrected chi connectivity index (χ2v) is 13.6. The Kier molecular flexibility index (Phi) is 5.00. The lowest BCUT2D eigenvalue weighted by Gasteiger charge is -2.17. The quantitative estimate of drug-likeness (QED) is 0.133. The number of nitrogens with zero attached hydrogens (tertiary/aromatic N) is 2. The molecule has 10 aromatic carbocycles. The zero-order chi connectivity index (χ0) is 32.5. The third kappa shape index (κ3) is 3.23. The number of hydrogen-bond acceptors (Lipinski definition) is 0. The van der Waals surface area contributed by atoms with Gasteiger partial charge in [-0.25, -0.2) is 0 Å². The van der Waals surface area contributed by atoms with E-state index in [0.29, 0.717) is 0 Å². The lowest BCUT2D eigenvalue weighted by molar-refractivity contribution is 1.18. The first-order chi connectivity index (χ1) is 24.8. The molecule has 12 aromatic rings.